The molecule has 2 heterocycles. The molecule has 0 saturated heterocycles. The van der Waals surface area contributed by atoms with E-state index in [1.807, 2.05) is 11.5 Å². The largest absolute Gasteiger partial charge is 0.462 e. The first kappa shape index (κ1) is 30.9. The van der Waals surface area contributed by atoms with E-state index in [2.05, 4.69) is 10.3 Å². The maximum Gasteiger partial charge on any atom is 0.341 e. The molecule has 0 unspecified atom stereocenters. The van der Waals surface area contributed by atoms with E-state index < -0.39 is 16.8 Å². The summed E-state index contributed by atoms with van der Waals surface area (Å²) in [4.78, 5) is 54.8. The summed E-state index contributed by atoms with van der Waals surface area (Å²) in [5.74, 6) is -1.18. The molecule has 1 N–H and O–H groups in total. The van der Waals surface area contributed by atoms with Crippen LogP contribution in [-0.4, -0.2) is 58.6 Å². The topological polar surface area (TPSA) is 142 Å². The number of ether oxygens (including phenoxy) is 2. The number of aryl methyl sites for hydroxylation is 1. The molecule has 11 nitrogen and oxygen atoms in total. The van der Waals surface area contributed by atoms with E-state index in [0.717, 1.165) is 59.8 Å². The fourth-order valence-electron chi connectivity index (χ4n) is 4.56. The van der Waals surface area contributed by atoms with Crippen molar-refractivity contribution in [3.8, 4) is 0 Å². The van der Waals surface area contributed by atoms with E-state index in [-0.39, 0.29) is 29.7 Å². The third kappa shape index (κ3) is 7.82. The average molecular weight is 621 g/mol. The van der Waals surface area contributed by atoms with E-state index in [0.29, 0.717) is 39.8 Å². The van der Waals surface area contributed by atoms with Crippen molar-refractivity contribution in [3.05, 3.63) is 49.1 Å². The van der Waals surface area contributed by atoms with E-state index in [1.54, 1.807) is 13.0 Å². The number of anilines is 1. The van der Waals surface area contributed by atoms with Crippen LogP contribution in [0, 0.1) is 10.1 Å². The summed E-state index contributed by atoms with van der Waals surface area (Å²) in [6.45, 7) is 5.25. The molecule has 1 aromatic carbocycles. The van der Waals surface area contributed by atoms with E-state index in [4.69, 9.17) is 9.47 Å². The molecule has 1 aliphatic rings. The second-order valence-corrected chi connectivity index (χ2v) is 12.3. The predicted molar refractivity (Wildman–Crippen MR) is 161 cm³/mol. The SMILES string of the molecule is CCOCCn1c(=NC(=O)CSCC(=O)Nc2sc3c(c2C(=O)OCC)CCCCC3)sc2cc([N+](=O)[O-])ccc21. The number of esters is 1. The quantitative estimate of drug-likeness (QED) is 0.0985. The number of aromatic nitrogens is 1. The summed E-state index contributed by atoms with van der Waals surface area (Å²) >= 11 is 3.75. The number of thiazole rings is 1. The van der Waals surface area contributed by atoms with Crippen molar-refractivity contribution in [2.45, 2.75) is 52.5 Å². The van der Waals surface area contributed by atoms with E-state index in [9.17, 15) is 24.5 Å². The van der Waals surface area contributed by atoms with Crippen molar-refractivity contribution in [1.29, 1.82) is 0 Å². The summed E-state index contributed by atoms with van der Waals surface area (Å²) in [6, 6.07) is 4.53. The molecule has 0 saturated carbocycles. The lowest BCUT2D eigenvalue weighted by atomic mass is 10.1. The molecular weight excluding hydrogens is 589 g/mol. The number of amides is 2. The minimum absolute atomic E-state index is 0.00897. The zero-order chi connectivity index (χ0) is 29.4. The maximum atomic E-state index is 12.8. The Kier molecular flexibility index (Phi) is 11.1. The molecule has 3 aromatic rings. The molecular formula is C27H32N4O7S3. The van der Waals surface area contributed by atoms with Gasteiger partial charge in [-0.15, -0.1) is 23.1 Å². The summed E-state index contributed by atoms with van der Waals surface area (Å²) in [6.07, 6.45) is 4.81. The normalized spacial score (nSPS) is 13.6. The Hall–Kier alpha value is -3.07. The Morgan fingerprint density at radius 2 is 1.93 bits per heavy atom. The molecule has 2 amide bonds. The number of thiophene rings is 1. The van der Waals surface area contributed by atoms with Gasteiger partial charge >= 0.3 is 5.97 Å². The van der Waals surface area contributed by atoms with Crippen LogP contribution < -0.4 is 10.1 Å². The average Bonchev–Trinajstić information content (AvgIpc) is 3.35. The predicted octanol–water partition coefficient (Wildman–Crippen LogP) is 4.95. The summed E-state index contributed by atoms with van der Waals surface area (Å²) in [7, 11) is 0. The minimum Gasteiger partial charge on any atom is -0.462 e. The lowest BCUT2D eigenvalue weighted by molar-refractivity contribution is -0.384. The Bertz CT molecular complexity index is 1510. The number of carbonyl (C=O) groups excluding carboxylic acids is 3. The van der Waals surface area contributed by atoms with Crippen LogP contribution in [-0.2, 0) is 38.4 Å². The van der Waals surface area contributed by atoms with Gasteiger partial charge in [0.05, 0.1) is 45.4 Å². The van der Waals surface area contributed by atoms with Crippen molar-refractivity contribution in [2.75, 3.05) is 36.6 Å². The number of nitrogens with one attached hydrogen (secondary N) is 1. The highest BCUT2D eigenvalue weighted by Gasteiger charge is 2.26. The van der Waals surface area contributed by atoms with Crippen LogP contribution in [0.1, 0.15) is 53.9 Å². The first-order chi connectivity index (χ1) is 19.8. The number of hydrogen-bond acceptors (Lipinski definition) is 10. The summed E-state index contributed by atoms with van der Waals surface area (Å²) < 4.78 is 13.2. The Labute approximate surface area is 249 Å². The molecule has 0 atom stereocenters. The first-order valence-electron chi connectivity index (χ1n) is 13.4. The fourth-order valence-corrected chi connectivity index (χ4v) is 7.56. The van der Waals surface area contributed by atoms with Gasteiger partial charge in [-0.1, -0.05) is 17.8 Å². The number of nitro benzene ring substituents is 1. The molecule has 4 rings (SSSR count). The molecule has 220 valence electrons. The monoisotopic (exact) mass is 620 g/mol. The number of non-ortho nitro benzene ring substituents is 1. The van der Waals surface area contributed by atoms with Crippen molar-refractivity contribution < 1.29 is 28.8 Å². The number of fused-ring (bicyclic) bond motifs is 2. The first-order valence-corrected chi connectivity index (χ1v) is 16.2. The lowest BCUT2D eigenvalue weighted by Gasteiger charge is -2.08. The fraction of sp³-hybridized carbons (Fsp3) is 0.481. The number of nitrogens with zero attached hydrogens (tertiary/aromatic N) is 3. The summed E-state index contributed by atoms with van der Waals surface area (Å²) in [5, 5.41) is 14.6. The second-order valence-electron chi connectivity index (χ2n) is 9.18. The number of benzene rings is 1. The number of hydrogen-bond donors (Lipinski definition) is 1. The van der Waals surface area contributed by atoms with Crippen LogP contribution in [0.2, 0.25) is 0 Å². The third-order valence-electron chi connectivity index (χ3n) is 6.37. The molecule has 0 fully saturated rings. The molecule has 0 spiro atoms. The Morgan fingerprint density at radius 3 is 2.68 bits per heavy atom. The number of thioether (sulfide) groups is 1. The van der Waals surface area contributed by atoms with Gasteiger partial charge in [0, 0.05) is 30.2 Å². The molecule has 14 heteroatoms. The number of carbonyl (C=O) groups is 3. The highest BCUT2D eigenvalue weighted by atomic mass is 32.2. The van der Waals surface area contributed by atoms with Gasteiger partial charge in [-0.3, -0.25) is 19.7 Å². The van der Waals surface area contributed by atoms with Crippen LogP contribution in [0.4, 0.5) is 10.7 Å². The van der Waals surface area contributed by atoms with Gasteiger partial charge in [0.15, 0.2) is 4.80 Å². The highest BCUT2D eigenvalue weighted by molar-refractivity contribution is 8.00. The second kappa shape index (κ2) is 14.7. The van der Waals surface area contributed by atoms with Crippen molar-refractivity contribution in [2.24, 2.45) is 4.99 Å². The van der Waals surface area contributed by atoms with Crippen molar-refractivity contribution in [1.82, 2.24) is 4.57 Å². The van der Waals surface area contributed by atoms with E-state index in [1.165, 1.54) is 34.8 Å². The van der Waals surface area contributed by atoms with Crippen molar-refractivity contribution >= 4 is 73.1 Å². The lowest BCUT2D eigenvalue weighted by Crippen LogP contribution is -2.21. The van der Waals surface area contributed by atoms with Gasteiger partial charge in [0.1, 0.15) is 5.00 Å². The molecule has 41 heavy (non-hydrogen) atoms. The summed E-state index contributed by atoms with van der Waals surface area (Å²) in [5.41, 5.74) is 2.13. The van der Waals surface area contributed by atoms with Gasteiger partial charge in [0.25, 0.3) is 11.6 Å². The van der Waals surface area contributed by atoms with E-state index >= 15 is 0 Å². The smallest absolute Gasteiger partial charge is 0.341 e. The molecule has 0 aliphatic heterocycles. The standard InChI is InChI=1S/C27H32N4O7S3/c1-3-37-13-12-30-19-11-10-17(31(35)36)14-21(19)41-27(30)29-23(33)16-39-15-22(32)28-25-24(26(34)38-4-2)18-8-6-5-7-9-20(18)40-25/h10-11,14H,3-9,12-13,15-16H2,1-2H3,(H,28,32). The molecule has 0 bridgehead atoms. The van der Waals surface area contributed by atoms with Gasteiger partial charge in [-0.05, 0) is 51.2 Å². The zero-order valence-corrected chi connectivity index (χ0v) is 25.4. The third-order valence-corrected chi connectivity index (χ3v) is 9.54. The van der Waals surface area contributed by atoms with Crippen LogP contribution in [0.5, 0.6) is 0 Å². The van der Waals surface area contributed by atoms with Gasteiger partial charge < -0.3 is 19.4 Å². The number of nitro groups is 1. The molecule has 0 radical (unpaired) electrons. The minimum atomic E-state index is -0.462. The highest BCUT2D eigenvalue weighted by Crippen LogP contribution is 2.38. The molecule has 2 aromatic heterocycles. The Morgan fingerprint density at radius 1 is 1.12 bits per heavy atom. The van der Waals surface area contributed by atoms with Gasteiger partial charge in [-0.25, -0.2) is 4.79 Å². The Balaban J connectivity index is 1.44. The van der Waals surface area contributed by atoms with Crippen LogP contribution in [0.3, 0.4) is 0 Å². The van der Waals surface area contributed by atoms with Crippen LogP contribution >= 0.6 is 34.4 Å². The molecule has 1 aliphatic carbocycles. The van der Waals surface area contributed by atoms with Gasteiger partial charge in [-0.2, -0.15) is 4.99 Å². The maximum absolute atomic E-state index is 12.8. The van der Waals surface area contributed by atoms with Crippen molar-refractivity contribution in [3.63, 3.8) is 0 Å². The number of rotatable bonds is 12. The van der Waals surface area contributed by atoms with Crippen LogP contribution in [0.15, 0.2) is 23.2 Å². The van der Waals surface area contributed by atoms with Gasteiger partial charge in [0.2, 0.25) is 5.91 Å². The van der Waals surface area contributed by atoms with Crippen LogP contribution in [0.25, 0.3) is 10.2 Å². The zero-order valence-electron chi connectivity index (χ0n) is 22.9.